The topological polar surface area (TPSA) is 18.5 Å². The second-order valence-corrected chi connectivity index (χ2v) is 7.07. The molecular formula is C20H40O2. The number of rotatable bonds is 7. The van der Waals surface area contributed by atoms with Gasteiger partial charge in [0.15, 0.2) is 0 Å². The lowest BCUT2D eigenvalue weighted by Gasteiger charge is -2.17. The van der Waals surface area contributed by atoms with E-state index >= 15 is 0 Å². The van der Waals surface area contributed by atoms with Gasteiger partial charge in [0.1, 0.15) is 0 Å². The van der Waals surface area contributed by atoms with Gasteiger partial charge in [-0.15, -0.1) is 0 Å². The Balaban J connectivity index is 2.13. The smallest absolute Gasteiger partial charge is 0.0930 e. The van der Waals surface area contributed by atoms with Crippen molar-refractivity contribution in [1.82, 2.24) is 0 Å². The summed E-state index contributed by atoms with van der Waals surface area (Å²) in [4.78, 5) is 11.2. The molecule has 2 heteroatoms. The van der Waals surface area contributed by atoms with Crippen molar-refractivity contribution in [3.8, 4) is 0 Å². The van der Waals surface area contributed by atoms with Crippen LogP contribution in [0.1, 0.15) is 116 Å². The summed E-state index contributed by atoms with van der Waals surface area (Å²) in [5.74, 6) is 0. The van der Waals surface area contributed by atoms with Gasteiger partial charge >= 0.3 is 0 Å². The summed E-state index contributed by atoms with van der Waals surface area (Å²) in [6, 6.07) is 0. The molecule has 1 heterocycles. The molecule has 1 aliphatic heterocycles. The molecule has 1 atom stereocenters. The van der Waals surface area contributed by atoms with Gasteiger partial charge in [-0.05, 0) is 19.3 Å². The normalized spacial score (nSPS) is 23.0. The minimum atomic E-state index is 0.342. The number of hydrogen-bond acceptors (Lipinski definition) is 2. The predicted molar refractivity (Wildman–Crippen MR) is 95.0 cm³/mol. The van der Waals surface area contributed by atoms with Gasteiger partial charge in [0, 0.05) is 0 Å². The van der Waals surface area contributed by atoms with Crippen LogP contribution in [0.4, 0.5) is 0 Å². The van der Waals surface area contributed by atoms with E-state index in [1.807, 2.05) is 0 Å². The minimum absolute atomic E-state index is 0.342. The van der Waals surface area contributed by atoms with E-state index in [9.17, 15) is 0 Å². The highest BCUT2D eigenvalue weighted by Crippen LogP contribution is 2.18. The van der Waals surface area contributed by atoms with Crippen LogP contribution in [0.3, 0.4) is 0 Å². The summed E-state index contributed by atoms with van der Waals surface area (Å²) in [5.41, 5.74) is 0. The summed E-state index contributed by atoms with van der Waals surface area (Å²) in [6.07, 6.45) is 23.1. The van der Waals surface area contributed by atoms with E-state index in [0.29, 0.717) is 6.10 Å². The van der Waals surface area contributed by atoms with Gasteiger partial charge in [0.05, 0.1) is 12.7 Å². The molecule has 1 aliphatic rings. The van der Waals surface area contributed by atoms with Crippen molar-refractivity contribution < 1.29 is 9.78 Å². The minimum Gasteiger partial charge on any atom is -0.236 e. The second kappa shape index (κ2) is 15.8. The van der Waals surface area contributed by atoms with Gasteiger partial charge in [0.25, 0.3) is 0 Å². The molecule has 0 radical (unpaired) electrons. The standard InChI is InChI=1S/C20H40O2/c1-2-3-4-5-11-14-17-20-18-15-12-9-7-6-8-10-13-16-19-21-22-20/h20H,2-19H2,1H3. The molecule has 1 saturated heterocycles. The van der Waals surface area contributed by atoms with Crippen LogP contribution in [0.5, 0.6) is 0 Å². The van der Waals surface area contributed by atoms with Crippen LogP contribution >= 0.6 is 0 Å². The predicted octanol–water partition coefficient (Wildman–Crippen LogP) is 6.97. The zero-order valence-corrected chi connectivity index (χ0v) is 15.1. The Hall–Kier alpha value is -0.0800. The van der Waals surface area contributed by atoms with Crippen molar-refractivity contribution in [2.45, 2.75) is 122 Å². The van der Waals surface area contributed by atoms with E-state index in [1.165, 1.54) is 103 Å². The van der Waals surface area contributed by atoms with Crippen molar-refractivity contribution >= 4 is 0 Å². The Morgan fingerprint density at radius 2 is 1.27 bits per heavy atom. The molecule has 0 N–H and O–H groups in total. The van der Waals surface area contributed by atoms with Gasteiger partial charge in [-0.25, -0.2) is 9.78 Å². The fraction of sp³-hybridized carbons (Fsp3) is 1.00. The van der Waals surface area contributed by atoms with Crippen LogP contribution in [0.2, 0.25) is 0 Å². The fourth-order valence-electron chi connectivity index (χ4n) is 3.31. The van der Waals surface area contributed by atoms with E-state index in [2.05, 4.69) is 6.92 Å². The highest BCUT2D eigenvalue weighted by atomic mass is 17.2. The van der Waals surface area contributed by atoms with Crippen LogP contribution in [-0.4, -0.2) is 12.7 Å². The van der Waals surface area contributed by atoms with Gasteiger partial charge < -0.3 is 0 Å². The average molecular weight is 313 g/mol. The Morgan fingerprint density at radius 1 is 0.682 bits per heavy atom. The van der Waals surface area contributed by atoms with Crippen molar-refractivity contribution in [3.05, 3.63) is 0 Å². The average Bonchev–Trinajstić information content (AvgIpc) is 2.54. The summed E-state index contributed by atoms with van der Waals surface area (Å²) in [5, 5.41) is 0. The maximum absolute atomic E-state index is 5.71. The molecule has 0 aromatic heterocycles. The summed E-state index contributed by atoms with van der Waals surface area (Å²) in [7, 11) is 0. The third-order valence-electron chi connectivity index (χ3n) is 4.84. The molecule has 2 nitrogen and oxygen atoms in total. The van der Waals surface area contributed by atoms with Crippen molar-refractivity contribution in [2.24, 2.45) is 0 Å². The molecule has 0 aromatic carbocycles. The van der Waals surface area contributed by atoms with Crippen molar-refractivity contribution in [1.29, 1.82) is 0 Å². The lowest BCUT2D eigenvalue weighted by molar-refractivity contribution is -0.327. The first kappa shape index (κ1) is 20.0. The zero-order valence-electron chi connectivity index (χ0n) is 15.1. The molecule has 132 valence electrons. The fourth-order valence-corrected chi connectivity index (χ4v) is 3.31. The Bertz CT molecular complexity index is 204. The molecular weight excluding hydrogens is 272 g/mol. The summed E-state index contributed by atoms with van der Waals surface area (Å²) in [6.45, 7) is 3.06. The van der Waals surface area contributed by atoms with E-state index in [4.69, 9.17) is 9.78 Å². The largest absolute Gasteiger partial charge is 0.236 e. The van der Waals surface area contributed by atoms with Crippen LogP contribution in [-0.2, 0) is 9.78 Å². The molecule has 0 amide bonds. The molecule has 0 bridgehead atoms. The Labute approximate surface area is 139 Å². The summed E-state index contributed by atoms with van der Waals surface area (Å²) >= 11 is 0. The van der Waals surface area contributed by atoms with Crippen molar-refractivity contribution in [2.75, 3.05) is 6.61 Å². The monoisotopic (exact) mass is 312 g/mol. The van der Waals surface area contributed by atoms with Crippen LogP contribution < -0.4 is 0 Å². The maximum Gasteiger partial charge on any atom is 0.0930 e. The third-order valence-corrected chi connectivity index (χ3v) is 4.84. The van der Waals surface area contributed by atoms with Gasteiger partial charge in [-0.3, -0.25) is 0 Å². The van der Waals surface area contributed by atoms with E-state index in [-0.39, 0.29) is 0 Å². The van der Waals surface area contributed by atoms with Gasteiger partial charge in [0.2, 0.25) is 0 Å². The molecule has 1 rings (SSSR count). The highest BCUT2D eigenvalue weighted by molar-refractivity contribution is 4.59. The Kier molecular flexibility index (Phi) is 14.3. The van der Waals surface area contributed by atoms with E-state index < -0.39 is 0 Å². The van der Waals surface area contributed by atoms with Crippen LogP contribution in [0.25, 0.3) is 0 Å². The van der Waals surface area contributed by atoms with Gasteiger partial charge in [-0.2, -0.15) is 0 Å². The van der Waals surface area contributed by atoms with E-state index in [1.54, 1.807) is 0 Å². The number of hydrogen-bond donors (Lipinski definition) is 0. The molecule has 0 aliphatic carbocycles. The highest BCUT2D eigenvalue weighted by Gasteiger charge is 2.10. The van der Waals surface area contributed by atoms with Gasteiger partial charge in [-0.1, -0.05) is 96.8 Å². The van der Waals surface area contributed by atoms with Crippen molar-refractivity contribution in [3.63, 3.8) is 0 Å². The molecule has 0 saturated carbocycles. The first-order valence-corrected chi connectivity index (χ1v) is 10.2. The molecule has 22 heavy (non-hydrogen) atoms. The van der Waals surface area contributed by atoms with E-state index in [0.717, 1.165) is 13.0 Å². The first-order chi connectivity index (χ1) is 10.9. The maximum atomic E-state index is 5.71. The second-order valence-electron chi connectivity index (χ2n) is 7.07. The lowest BCUT2D eigenvalue weighted by Crippen LogP contribution is -2.14. The Morgan fingerprint density at radius 3 is 2.00 bits per heavy atom. The molecule has 1 fully saturated rings. The molecule has 0 aromatic rings. The number of unbranched alkanes of at least 4 members (excludes halogenated alkanes) is 5. The molecule has 0 spiro atoms. The zero-order chi connectivity index (χ0) is 15.7. The molecule has 1 unspecified atom stereocenters. The van der Waals surface area contributed by atoms with Crippen LogP contribution in [0, 0.1) is 0 Å². The third kappa shape index (κ3) is 12.5. The lowest BCUT2D eigenvalue weighted by atomic mass is 10.0. The van der Waals surface area contributed by atoms with Crippen LogP contribution in [0.15, 0.2) is 0 Å². The quantitative estimate of drug-likeness (QED) is 0.373. The summed E-state index contributed by atoms with van der Waals surface area (Å²) < 4.78 is 0. The first-order valence-electron chi connectivity index (χ1n) is 10.2. The SMILES string of the molecule is CCCCCCCCC1CCCCCCCCCCCOO1.